The number of carbonyl (C=O) groups excluding carboxylic acids is 2. The van der Waals surface area contributed by atoms with Crippen LogP contribution in [0.1, 0.15) is 27.0 Å². The third kappa shape index (κ3) is 7.02. The Morgan fingerprint density at radius 2 is 1.70 bits per heavy atom. The van der Waals surface area contributed by atoms with Gasteiger partial charge in [0.15, 0.2) is 6.61 Å². The Labute approximate surface area is 236 Å². The second-order valence-electron chi connectivity index (χ2n) is 8.44. The molecule has 7 nitrogen and oxygen atoms in total. The molecule has 12 heteroatoms. The van der Waals surface area contributed by atoms with Crippen LogP contribution in [0.5, 0.6) is 11.5 Å². The number of nitrogens with zero attached hydrogens (tertiary/aromatic N) is 1. The lowest BCUT2D eigenvalue weighted by Crippen LogP contribution is -2.28. The molecule has 40 heavy (non-hydrogen) atoms. The highest BCUT2D eigenvalue weighted by atomic mass is 35.5. The third-order valence-corrected chi connectivity index (χ3v) is 6.31. The molecule has 0 fully saturated rings. The minimum atomic E-state index is -4.61. The average Bonchev–Trinajstić information content (AvgIpc) is 2.92. The smallest absolute Gasteiger partial charge is 0.417 e. The van der Waals surface area contributed by atoms with Gasteiger partial charge in [0.05, 0.1) is 21.8 Å². The van der Waals surface area contributed by atoms with E-state index in [9.17, 15) is 27.9 Å². The standard InChI is InChI=1S/C28H20Cl2F3N3O4/c29-22-8-5-16(11-21(22)28(31,32)33)13-34-26(38)15-40-25-10-7-18(19-3-1-2-4-20(19)25)14-35-36-27(39)17-6-9-24(37)23(30)12-17/h1-12,14,37H,13,15H2,(H,34,38)(H,36,39)/b35-14+. The molecular formula is C28H20Cl2F3N3O4. The number of hydrazone groups is 1. The summed E-state index contributed by atoms with van der Waals surface area (Å²) in [5.41, 5.74) is 2.52. The van der Waals surface area contributed by atoms with Gasteiger partial charge in [0.1, 0.15) is 11.5 Å². The molecule has 4 aromatic carbocycles. The quantitative estimate of drug-likeness (QED) is 0.165. The predicted molar refractivity (Wildman–Crippen MR) is 146 cm³/mol. The van der Waals surface area contributed by atoms with E-state index in [4.69, 9.17) is 27.9 Å². The third-order valence-electron chi connectivity index (χ3n) is 5.68. The summed E-state index contributed by atoms with van der Waals surface area (Å²) in [5, 5.41) is 17.0. The van der Waals surface area contributed by atoms with Crippen molar-refractivity contribution in [2.45, 2.75) is 12.7 Å². The number of rotatable bonds is 8. The lowest BCUT2D eigenvalue weighted by Gasteiger charge is -2.13. The van der Waals surface area contributed by atoms with Gasteiger partial charge in [-0.2, -0.15) is 18.3 Å². The fourth-order valence-corrected chi connectivity index (χ4v) is 4.11. The van der Waals surface area contributed by atoms with Gasteiger partial charge >= 0.3 is 6.18 Å². The molecule has 0 atom stereocenters. The number of aromatic hydroxyl groups is 1. The molecule has 0 aliphatic rings. The number of alkyl halides is 3. The fraction of sp³-hybridized carbons (Fsp3) is 0.107. The number of ether oxygens (including phenoxy) is 1. The highest BCUT2D eigenvalue weighted by molar-refractivity contribution is 6.32. The van der Waals surface area contributed by atoms with Gasteiger partial charge < -0.3 is 15.2 Å². The van der Waals surface area contributed by atoms with Crippen LogP contribution in [0.25, 0.3) is 10.8 Å². The number of phenolic OH excluding ortho intramolecular Hbond substituents is 1. The van der Waals surface area contributed by atoms with Crippen LogP contribution in [0, 0.1) is 0 Å². The maximum atomic E-state index is 13.1. The number of hydrogen-bond donors (Lipinski definition) is 3. The molecule has 0 bridgehead atoms. The van der Waals surface area contributed by atoms with Gasteiger partial charge in [0.2, 0.25) is 0 Å². The summed E-state index contributed by atoms with van der Waals surface area (Å²) in [5.74, 6) is -0.803. The second kappa shape index (κ2) is 12.3. The molecule has 0 saturated carbocycles. The number of phenols is 1. The molecule has 0 unspecified atom stereocenters. The van der Waals surface area contributed by atoms with Gasteiger partial charge in [-0.25, -0.2) is 5.43 Å². The Kier molecular flexibility index (Phi) is 8.81. The maximum Gasteiger partial charge on any atom is 0.417 e. The van der Waals surface area contributed by atoms with E-state index in [1.807, 2.05) is 6.07 Å². The van der Waals surface area contributed by atoms with Gasteiger partial charge in [-0.15, -0.1) is 0 Å². The molecular weight excluding hydrogens is 570 g/mol. The van der Waals surface area contributed by atoms with Crippen LogP contribution < -0.4 is 15.5 Å². The molecule has 4 aromatic rings. The predicted octanol–water partition coefficient (Wildman–Crippen LogP) is 6.33. The number of halogens is 5. The molecule has 0 aliphatic heterocycles. The van der Waals surface area contributed by atoms with Gasteiger partial charge in [-0.3, -0.25) is 9.59 Å². The Balaban J connectivity index is 1.39. The van der Waals surface area contributed by atoms with Crippen molar-refractivity contribution in [1.82, 2.24) is 10.7 Å². The number of nitrogens with one attached hydrogen (secondary N) is 2. The highest BCUT2D eigenvalue weighted by Crippen LogP contribution is 2.35. The molecule has 4 rings (SSSR count). The minimum Gasteiger partial charge on any atom is -0.506 e. The van der Waals surface area contributed by atoms with Crippen LogP contribution in [-0.2, 0) is 17.5 Å². The first kappa shape index (κ1) is 28.7. The summed E-state index contributed by atoms with van der Waals surface area (Å²) in [7, 11) is 0. The number of carbonyl (C=O) groups is 2. The molecule has 0 radical (unpaired) electrons. The zero-order valence-electron chi connectivity index (χ0n) is 20.4. The van der Waals surface area contributed by atoms with E-state index < -0.39 is 28.6 Å². The Hall–Kier alpha value is -4.28. The van der Waals surface area contributed by atoms with Crippen LogP contribution in [0.15, 0.2) is 77.9 Å². The van der Waals surface area contributed by atoms with Gasteiger partial charge in [0, 0.05) is 23.1 Å². The lowest BCUT2D eigenvalue weighted by atomic mass is 10.0. The summed E-state index contributed by atoms with van der Waals surface area (Å²) in [6.45, 7) is -0.511. The number of benzene rings is 4. The monoisotopic (exact) mass is 589 g/mol. The van der Waals surface area contributed by atoms with Crippen molar-refractivity contribution >= 4 is 52.0 Å². The zero-order valence-corrected chi connectivity index (χ0v) is 21.9. The van der Waals surface area contributed by atoms with E-state index in [1.165, 1.54) is 30.5 Å². The first-order chi connectivity index (χ1) is 19.0. The van der Waals surface area contributed by atoms with Gasteiger partial charge in [-0.1, -0.05) is 53.5 Å². The molecule has 206 valence electrons. The SMILES string of the molecule is O=C(COc1ccc(/C=N/NC(=O)c2ccc(O)c(Cl)c2)c2ccccc12)NCc1ccc(Cl)c(C(F)(F)F)c1. The normalized spacial score (nSPS) is 11.5. The minimum absolute atomic E-state index is 0.0347. The van der Waals surface area contributed by atoms with Crippen LogP contribution in [-0.4, -0.2) is 29.7 Å². The van der Waals surface area contributed by atoms with E-state index >= 15 is 0 Å². The van der Waals surface area contributed by atoms with Crippen LogP contribution in [0.4, 0.5) is 13.2 Å². The molecule has 0 aliphatic carbocycles. The summed E-state index contributed by atoms with van der Waals surface area (Å²) < 4.78 is 44.9. The molecule has 0 heterocycles. The Bertz CT molecular complexity index is 1610. The Morgan fingerprint density at radius 3 is 2.42 bits per heavy atom. The van der Waals surface area contributed by atoms with Crippen LogP contribution in [0.2, 0.25) is 10.0 Å². The van der Waals surface area contributed by atoms with E-state index in [0.717, 1.165) is 17.5 Å². The number of hydrogen-bond acceptors (Lipinski definition) is 5. The van der Waals surface area contributed by atoms with Crippen molar-refractivity contribution in [3.63, 3.8) is 0 Å². The lowest BCUT2D eigenvalue weighted by molar-refractivity contribution is -0.137. The van der Waals surface area contributed by atoms with Crippen molar-refractivity contribution in [3.8, 4) is 11.5 Å². The van der Waals surface area contributed by atoms with Gasteiger partial charge in [0.25, 0.3) is 11.8 Å². The van der Waals surface area contributed by atoms with Crippen molar-refractivity contribution in [2.24, 2.45) is 5.10 Å². The summed E-state index contributed by atoms with van der Waals surface area (Å²) in [4.78, 5) is 24.6. The topological polar surface area (TPSA) is 100 Å². The second-order valence-corrected chi connectivity index (χ2v) is 9.26. The average molecular weight is 590 g/mol. The largest absolute Gasteiger partial charge is 0.506 e. The zero-order chi connectivity index (χ0) is 28.9. The first-order valence-electron chi connectivity index (χ1n) is 11.6. The van der Waals surface area contributed by atoms with Crippen LogP contribution in [0.3, 0.4) is 0 Å². The summed E-state index contributed by atoms with van der Waals surface area (Å²) in [6, 6.07) is 17.9. The number of fused-ring (bicyclic) bond motifs is 1. The Morgan fingerprint density at radius 1 is 0.950 bits per heavy atom. The van der Waals surface area contributed by atoms with E-state index in [0.29, 0.717) is 16.7 Å². The van der Waals surface area contributed by atoms with Crippen molar-refractivity contribution in [2.75, 3.05) is 6.61 Å². The number of amides is 2. The first-order valence-corrected chi connectivity index (χ1v) is 12.4. The highest BCUT2D eigenvalue weighted by Gasteiger charge is 2.33. The van der Waals surface area contributed by atoms with E-state index in [-0.39, 0.29) is 35.1 Å². The van der Waals surface area contributed by atoms with Gasteiger partial charge in [-0.05, 0) is 53.4 Å². The van der Waals surface area contributed by atoms with Crippen molar-refractivity contribution in [1.29, 1.82) is 0 Å². The van der Waals surface area contributed by atoms with Crippen LogP contribution >= 0.6 is 23.2 Å². The van der Waals surface area contributed by atoms with Crippen molar-refractivity contribution in [3.05, 3.63) is 105 Å². The maximum absolute atomic E-state index is 13.1. The fourth-order valence-electron chi connectivity index (χ4n) is 3.70. The molecule has 2 amide bonds. The van der Waals surface area contributed by atoms with E-state index in [2.05, 4.69) is 15.8 Å². The molecule has 0 spiro atoms. The van der Waals surface area contributed by atoms with Crippen molar-refractivity contribution < 1.29 is 32.6 Å². The van der Waals surface area contributed by atoms with E-state index in [1.54, 1.807) is 30.3 Å². The molecule has 3 N–H and O–H groups in total. The summed E-state index contributed by atoms with van der Waals surface area (Å²) in [6.07, 6.45) is -3.16. The summed E-state index contributed by atoms with van der Waals surface area (Å²) >= 11 is 11.5. The molecule has 0 aromatic heterocycles. The molecule has 0 saturated heterocycles.